The summed E-state index contributed by atoms with van der Waals surface area (Å²) in [4.78, 5) is 0. The van der Waals surface area contributed by atoms with Gasteiger partial charge in [0, 0.05) is 5.92 Å². The van der Waals surface area contributed by atoms with Crippen molar-refractivity contribution in [2.75, 3.05) is 0 Å². The van der Waals surface area contributed by atoms with E-state index in [0.29, 0.717) is 17.1 Å². The Bertz CT molecular complexity index is 346. The van der Waals surface area contributed by atoms with Crippen molar-refractivity contribution in [1.29, 1.82) is 0 Å². The normalized spacial score (nSPS) is 49.4. The van der Waals surface area contributed by atoms with Crippen molar-refractivity contribution in [2.24, 2.45) is 29.1 Å². The lowest BCUT2D eigenvalue weighted by molar-refractivity contribution is -0.281. The van der Waals surface area contributed by atoms with Crippen LogP contribution in [0.3, 0.4) is 0 Å². The Hall–Kier alpha value is -0.0400. The predicted octanol–water partition coefficient (Wildman–Crippen LogP) is 5.04. The van der Waals surface area contributed by atoms with E-state index >= 15 is 0 Å². The Labute approximate surface area is 119 Å². The van der Waals surface area contributed by atoms with E-state index in [1.54, 1.807) is 0 Å². The van der Waals surface area contributed by atoms with Crippen LogP contribution >= 0.6 is 0 Å². The maximum absolute atomic E-state index is 6.35. The van der Waals surface area contributed by atoms with Crippen LogP contribution in [0.15, 0.2) is 0 Å². The average molecular weight is 264 g/mol. The van der Waals surface area contributed by atoms with Crippen LogP contribution in [-0.2, 0) is 4.74 Å². The van der Waals surface area contributed by atoms with Gasteiger partial charge in [0.1, 0.15) is 0 Å². The van der Waals surface area contributed by atoms with Gasteiger partial charge in [-0.25, -0.2) is 0 Å². The van der Waals surface area contributed by atoms with Crippen molar-refractivity contribution in [2.45, 2.75) is 84.8 Å². The van der Waals surface area contributed by atoms with Gasteiger partial charge in [-0.3, -0.25) is 0 Å². The number of rotatable bonds is 3. The molecular weight excluding hydrogens is 232 g/mol. The minimum absolute atomic E-state index is 0.317. The van der Waals surface area contributed by atoms with E-state index < -0.39 is 0 Å². The van der Waals surface area contributed by atoms with Gasteiger partial charge in [-0.2, -0.15) is 0 Å². The first kappa shape index (κ1) is 13.9. The van der Waals surface area contributed by atoms with Gasteiger partial charge in [0.15, 0.2) is 0 Å². The molecule has 0 N–H and O–H groups in total. The highest BCUT2D eigenvalue weighted by Gasteiger charge is 2.65. The highest BCUT2D eigenvalue weighted by Crippen LogP contribution is 2.64. The van der Waals surface area contributed by atoms with Crippen molar-refractivity contribution in [3.8, 4) is 0 Å². The summed E-state index contributed by atoms with van der Waals surface area (Å²) in [5.74, 6) is 3.49. The third kappa shape index (κ3) is 1.83. The van der Waals surface area contributed by atoms with Gasteiger partial charge < -0.3 is 4.74 Å². The lowest BCUT2D eigenvalue weighted by Gasteiger charge is -2.60. The summed E-state index contributed by atoms with van der Waals surface area (Å²) in [6, 6.07) is 0. The summed E-state index contributed by atoms with van der Waals surface area (Å²) >= 11 is 0. The molecule has 1 saturated heterocycles. The zero-order valence-electron chi connectivity index (χ0n) is 13.5. The smallest absolute Gasteiger partial charge is 0.0769 e. The van der Waals surface area contributed by atoms with Crippen LogP contribution in [0.4, 0.5) is 0 Å². The van der Waals surface area contributed by atoms with Gasteiger partial charge in [-0.1, -0.05) is 34.1 Å². The molecule has 0 aromatic rings. The zero-order chi connectivity index (χ0) is 13.8. The second kappa shape index (κ2) is 4.48. The topological polar surface area (TPSA) is 9.23 Å². The highest BCUT2D eigenvalue weighted by molar-refractivity contribution is 5.13. The zero-order valence-corrected chi connectivity index (χ0v) is 13.5. The van der Waals surface area contributed by atoms with Crippen molar-refractivity contribution < 1.29 is 4.74 Å². The molecule has 1 aliphatic heterocycles. The molecule has 3 aliphatic rings. The Morgan fingerprint density at radius 1 is 1.11 bits per heavy atom. The minimum atomic E-state index is 0.317. The molecule has 6 atom stereocenters. The van der Waals surface area contributed by atoms with Gasteiger partial charge in [0.2, 0.25) is 0 Å². The summed E-state index contributed by atoms with van der Waals surface area (Å²) in [5.41, 5.74) is 0.834. The molecule has 2 aliphatic carbocycles. The summed E-state index contributed by atoms with van der Waals surface area (Å²) in [5, 5.41) is 0. The van der Waals surface area contributed by atoms with Crippen LogP contribution in [0.2, 0.25) is 0 Å². The number of hydrogen-bond donors (Lipinski definition) is 0. The molecule has 3 rings (SSSR count). The lowest BCUT2D eigenvalue weighted by atomic mass is 9.55. The van der Waals surface area contributed by atoms with Crippen molar-refractivity contribution in [3.05, 3.63) is 0 Å². The Morgan fingerprint density at radius 3 is 2.42 bits per heavy atom. The van der Waals surface area contributed by atoms with Gasteiger partial charge in [-0.05, 0) is 62.2 Å². The highest BCUT2D eigenvalue weighted by atomic mass is 16.5. The Morgan fingerprint density at radius 2 is 1.79 bits per heavy atom. The molecule has 2 saturated carbocycles. The van der Waals surface area contributed by atoms with Crippen LogP contribution < -0.4 is 0 Å². The van der Waals surface area contributed by atoms with Gasteiger partial charge in [0.25, 0.3) is 0 Å². The Balaban J connectivity index is 1.78. The first-order chi connectivity index (χ1) is 8.92. The number of ether oxygens (including phenoxy) is 1. The minimum Gasteiger partial charge on any atom is -0.371 e. The summed E-state index contributed by atoms with van der Waals surface area (Å²) < 4.78 is 6.35. The van der Waals surface area contributed by atoms with Crippen LogP contribution in [0, 0.1) is 29.1 Å². The van der Waals surface area contributed by atoms with Crippen molar-refractivity contribution in [3.63, 3.8) is 0 Å². The molecule has 0 amide bonds. The summed E-state index contributed by atoms with van der Waals surface area (Å²) in [7, 11) is 0. The molecule has 1 heterocycles. The molecule has 19 heavy (non-hydrogen) atoms. The lowest BCUT2D eigenvalue weighted by Crippen LogP contribution is -2.63. The summed E-state index contributed by atoms with van der Waals surface area (Å²) in [6.45, 7) is 12.2. The maximum atomic E-state index is 6.35. The van der Waals surface area contributed by atoms with Crippen LogP contribution in [0.5, 0.6) is 0 Å². The third-order valence-electron chi connectivity index (χ3n) is 7.03. The molecule has 6 unspecified atom stereocenters. The number of hydrogen-bond acceptors (Lipinski definition) is 1. The summed E-state index contributed by atoms with van der Waals surface area (Å²) in [6.07, 6.45) is 8.83. The van der Waals surface area contributed by atoms with Crippen LogP contribution in [-0.4, -0.2) is 11.7 Å². The van der Waals surface area contributed by atoms with Crippen molar-refractivity contribution >= 4 is 0 Å². The van der Waals surface area contributed by atoms with E-state index in [1.165, 1.54) is 38.5 Å². The Kier molecular flexibility index (Phi) is 3.28. The predicted molar refractivity (Wildman–Crippen MR) is 80.1 cm³/mol. The molecule has 0 aromatic heterocycles. The fraction of sp³-hybridized carbons (Fsp3) is 1.00. The largest absolute Gasteiger partial charge is 0.371 e. The fourth-order valence-corrected chi connectivity index (χ4v) is 6.28. The van der Waals surface area contributed by atoms with E-state index in [9.17, 15) is 0 Å². The molecule has 0 bridgehead atoms. The standard InChI is InChI=1S/C18H32O/c1-6-10-17(4,5)14-9-11-18-15(12(14)2)7-8-16(18)13(3)19-18/h12-16H,6-11H2,1-5H3. The molecule has 110 valence electrons. The van der Waals surface area contributed by atoms with E-state index in [-0.39, 0.29) is 0 Å². The van der Waals surface area contributed by atoms with E-state index in [0.717, 1.165) is 23.7 Å². The van der Waals surface area contributed by atoms with Crippen LogP contribution in [0.25, 0.3) is 0 Å². The fourth-order valence-electron chi connectivity index (χ4n) is 6.28. The van der Waals surface area contributed by atoms with Crippen LogP contribution in [0.1, 0.15) is 73.1 Å². The molecular formula is C18H32O. The molecule has 0 radical (unpaired) electrons. The van der Waals surface area contributed by atoms with Crippen molar-refractivity contribution in [1.82, 2.24) is 0 Å². The molecule has 0 aromatic carbocycles. The molecule has 1 nitrogen and oxygen atoms in total. The quantitative estimate of drug-likeness (QED) is 0.693. The third-order valence-corrected chi connectivity index (χ3v) is 7.03. The molecule has 1 spiro atoms. The van der Waals surface area contributed by atoms with Gasteiger partial charge in [0.05, 0.1) is 11.7 Å². The first-order valence-electron chi connectivity index (χ1n) is 8.60. The molecule has 1 heteroatoms. The van der Waals surface area contributed by atoms with Gasteiger partial charge >= 0.3 is 0 Å². The maximum Gasteiger partial charge on any atom is 0.0769 e. The second-order valence-corrected chi connectivity index (χ2v) is 8.31. The van der Waals surface area contributed by atoms with E-state index in [1.807, 2.05) is 0 Å². The second-order valence-electron chi connectivity index (χ2n) is 8.31. The van der Waals surface area contributed by atoms with E-state index in [4.69, 9.17) is 4.74 Å². The monoisotopic (exact) mass is 264 g/mol. The van der Waals surface area contributed by atoms with E-state index in [2.05, 4.69) is 34.6 Å². The first-order valence-corrected chi connectivity index (χ1v) is 8.60. The van der Waals surface area contributed by atoms with Gasteiger partial charge in [-0.15, -0.1) is 0 Å². The average Bonchev–Trinajstić information content (AvgIpc) is 2.62. The SMILES string of the molecule is CCCC(C)(C)C1CCC23OC(C)C2CCC3C1C. The molecule has 3 fully saturated rings.